The molecule has 6 heteroatoms. The molecule has 0 aliphatic heterocycles. The normalized spacial score (nSPS) is 12.0. The second-order valence-corrected chi connectivity index (χ2v) is 5.74. The summed E-state index contributed by atoms with van der Waals surface area (Å²) in [4.78, 5) is 24.8. The monoisotopic (exact) mass is 337 g/mol. The van der Waals surface area contributed by atoms with Crippen LogP contribution in [0, 0.1) is 0 Å². The molecule has 0 bridgehead atoms. The van der Waals surface area contributed by atoms with E-state index in [0.717, 1.165) is 15.6 Å². The number of hydrogen-bond acceptors (Lipinski definition) is 4. The van der Waals surface area contributed by atoms with E-state index in [1.165, 1.54) is 0 Å². The number of nitrogens with one attached hydrogen (secondary N) is 1. The van der Waals surface area contributed by atoms with Gasteiger partial charge in [-0.3, -0.25) is 9.59 Å². The van der Waals surface area contributed by atoms with E-state index in [4.69, 9.17) is 0 Å². The summed E-state index contributed by atoms with van der Waals surface area (Å²) in [6.45, 7) is -0.216. The van der Waals surface area contributed by atoms with Crippen LogP contribution in [0.2, 0.25) is 0 Å². The van der Waals surface area contributed by atoms with Gasteiger partial charge in [-0.2, -0.15) is 5.10 Å². The summed E-state index contributed by atoms with van der Waals surface area (Å²) in [5.41, 5.74) is 0.607. The lowest BCUT2D eigenvalue weighted by Crippen LogP contribution is -2.36. The molecule has 1 aromatic heterocycles. The molecule has 3 aromatic rings. The molecular formula is C19H19N3O3. The number of amides is 1. The second-order valence-electron chi connectivity index (χ2n) is 5.74. The lowest BCUT2D eigenvalue weighted by molar-refractivity contribution is -0.122. The van der Waals surface area contributed by atoms with E-state index in [1.807, 2.05) is 36.4 Å². The van der Waals surface area contributed by atoms with E-state index in [9.17, 15) is 14.7 Å². The van der Waals surface area contributed by atoms with Crippen LogP contribution in [0.15, 0.2) is 65.6 Å². The molecule has 128 valence electrons. The number of nitrogens with zero attached hydrogens (tertiary/aromatic N) is 2. The van der Waals surface area contributed by atoms with E-state index in [-0.39, 0.29) is 30.7 Å². The van der Waals surface area contributed by atoms with Crippen molar-refractivity contribution < 1.29 is 9.90 Å². The van der Waals surface area contributed by atoms with Gasteiger partial charge >= 0.3 is 0 Å². The Morgan fingerprint density at radius 1 is 1.12 bits per heavy atom. The molecule has 3 rings (SSSR count). The predicted molar refractivity (Wildman–Crippen MR) is 95.0 cm³/mol. The fourth-order valence-electron chi connectivity index (χ4n) is 2.75. The molecule has 0 saturated heterocycles. The minimum absolute atomic E-state index is 0.0476. The summed E-state index contributed by atoms with van der Waals surface area (Å²) in [6, 6.07) is 16.2. The van der Waals surface area contributed by atoms with Gasteiger partial charge in [-0.05, 0) is 18.1 Å². The molecule has 1 heterocycles. The first-order chi connectivity index (χ1) is 12.2. The van der Waals surface area contributed by atoms with Gasteiger partial charge in [-0.15, -0.1) is 0 Å². The molecule has 2 aromatic carbocycles. The maximum Gasteiger partial charge on any atom is 0.275 e. The molecule has 1 unspecified atom stereocenters. The number of aromatic nitrogens is 2. The Hall–Kier alpha value is -2.99. The molecule has 0 aliphatic rings. The van der Waals surface area contributed by atoms with Gasteiger partial charge in [-0.1, -0.05) is 48.5 Å². The van der Waals surface area contributed by atoms with Gasteiger partial charge in [0.15, 0.2) is 0 Å². The highest BCUT2D eigenvalue weighted by Crippen LogP contribution is 2.16. The first-order valence-electron chi connectivity index (χ1n) is 8.09. The van der Waals surface area contributed by atoms with Crippen LogP contribution in [0.25, 0.3) is 10.8 Å². The Bertz CT molecular complexity index is 922. The van der Waals surface area contributed by atoms with E-state index in [2.05, 4.69) is 10.4 Å². The van der Waals surface area contributed by atoms with Crippen LogP contribution >= 0.6 is 0 Å². The number of benzene rings is 2. The van der Waals surface area contributed by atoms with Crippen LogP contribution in [0.1, 0.15) is 18.0 Å². The largest absolute Gasteiger partial charge is 0.396 e. The number of carbonyl (C=O) groups is 1. The van der Waals surface area contributed by atoms with Gasteiger partial charge in [0.05, 0.1) is 17.6 Å². The Morgan fingerprint density at radius 2 is 1.84 bits per heavy atom. The third-order valence-electron chi connectivity index (χ3n) is 4.01. The van der Waals surface area contributed by atoms with Crippen molar-refractivity contribution in [3.63, 3.8) is 0 Å². The minimum Gasteiger partial charge on any atom is -0.396 e. The molecule has 0 saturated carbocycles. The molecule has 1 atom stereocenters. The minimum atomic E-state index is -0.327. The highest BCUT2D eigenvalue weighted by molar-refractivity contribution is 5.81. The third kappa shape index (κ3) is 3.92. The van der Waals surface area contributed by atoms with Gasteiger partial charge in [0.25, 0.3) is 5.56 Å². The Kier molecular flexibility index (Phi) is 5.20. The van der Waals surface area contributed by atoms with E-state index in [0.29, 0.717) is 11.8 Å². The lowest BCUT2D eigenvalue weighted by atomic mass is 10.0. The third-order valence-corrected chi connectivity index (χ3v) is 4.01. The molecule has 6 nitrogen and oxygen atoms in total. The van der Waals surface area contributed by atoms with E-state index >= 15 is 0 Å². The molecule has 0 fully saturated rings. The zero-order chi connectivity index (χ0) is 17.6. The van der Waals surface area contributed by atoms with Crippen LogP contribution in [0.5, 0.6) is 0 Å². The van der Waals surface area contributed by atoms with Crippen molar-refractivity contribution in [1.82, 2.24) is 15.1 Å². The number of hydrogen-bond donors (Lipinski definition) is 2. The number of aliphatic hydroxyl groups excluding tert-OH is 1. The molecule has 1 amide bonds. The Balaban J connectivity index is 1.77. The lowest BCUT2D eigenvalue weighted by Gasteiger charge is -2.18. The van der Waals surface area contributed by atoms with Gasteiger partial charge < -0.3 is 10.4 Å². The maximum atomic E-state index is 12.4. The first-order valence-corrected chi connectivity index (χ1v) is 8.09. The van der Waals surface area contributed by atoms with Crippen molar-refractivity contribution in [2.24, 2.45) is 0 Å². The predicted octanol–water partition coefficient (Wildman–Crippen LogP) is 1.64. The van der Waals surface area contributed by atoms with Gasteiger partial charge in [0, 0.05) is 12.0 Å². The summed E-state index contributed by atoms with van der Waals surface area (Å²) in [6.07, 6.45) is 1.97. The first kappa shape index (κ1) is 16.9. The Labute approximate surface area is 144 Å². The standard InChI is InChI=1S/C19H19N3O3/c23-11-10-17(14-6-2-1-3-7-14)21-18(24)13-22-19(25)16-9-5-4-8-15(16)12-20-22/h1-9,12,17,23H,10-11,13H2,(H,21,24). The summed E-state index contributed by atoms with van der Waals surface area (Å²) in [7, 11) is 0. The second kappa shape index (κ2) is 7.72. The highest BCUT2D eigenvalue weighted by Gasteiger charge is 2.15. The van der Waals surface area contributed by atoms with Crippen molar-refractivity contribution in [3.05, 3.63) is 76.7 Å². The molecule has 2 N–H and O–H groups in total. The number of fused-ring (bicyclic) bond motifs is 1. The van der Waals surface area contributed by atoms with Crippen molar-refractivity contribution in [3.8, 4) is 0 Å². The Morgan fingerprint density at radius 3 is 2.60 bits per heavy atom. The summed E-state index contributed by atoms with van der Waals surface area (Å²) in [5, 5.41) is 17.4. The molecule has 0 radical (unpaired) electrons. The molecule has 25 heavy (non-hydrogen) atoms. The summed E-state index contributed by atoms with van der Waals surface area (Å²) >= 11 is 0. The van der Waals surface area contributed by atoms with Crippen LogP contribution in [-0.2, 0) is 11.3 Å². The number of aliphatic hydroxyl groups is 1. The molecule has 0 spiro atoms. The average molecular weight is 337 g/mol. The fraction of sp³-hybridized carbons (Fsp3) is 0.211. The highest BCUT2D eigenvalue weighted by atomic mass is 16.3. The van der Waals surface area contributed by atoms with E-state index in [1.54, 1.807) is 24.4 Å². The van der Waals surface area contributed by atoms with Crippen molar-refractivity contribution in [2.45, 2.75) is 19.0 Å². The zero-order valence-electron chi connectivity index (χ0n) is 13.6. The average Bonchev–Trinajstić information content (AvgIpc) is 2.65. The number of carbonyl (C=O) groups excluding carboxylic acids is 1. The van der Waals surface area contributed by atoms with Crippen LogP contribution in [-0.4, -0.2) is 27.4 Å². The maximum absolute atomic E-state index is 12.4. The van der Waals surface area contributed by atoms with Gasteiger partial charge in [0.1, 0.15) is 6.54 Å². The molecular weight excluding hydrogens is 318 g/mol. The summed E-state index contributed by atoms with van der Waals surface area (Å²) < 4.78 is 1.15. The van der Waals surface area contributed by atoms with Crippen LogP contribution < -0.4 is 10.9 Å². The SMILES string of the molecule is O=C(Cn1ncc2ccccc2c1=O)NC(CCO)c1ccccc1. The van der Waals surface area contributed by atoms with Crippen molar-refractivity contribution in [2.75, 3.05) is 6.61 Å². The fourth-order valence-corrected chi connectivity index (χ4v) is 2.75. The smallest absolute Gasteiger partial charge is 0.275 e. The van der Waals surface area contributed by atoms with Crippen molar-refractivity contribution >= 4 is 16.7 Å². The quantitative estimate of drug-likeness (QED) is 0.716. The summed E-state index contributed by atoms with van der Waals surface area (Å²) in [5.74, 6) is -0.327. The number of rotatable bonds is 6. The van der Waals surface area contributed by atoms with Gasteiger partial charge in [-0.25, -0.2) is 4.68 Å². The molecule has 0 aliphatic carbocycles. The van der Waals surface area contributed by atoms with E-state index < -0.39 is 0 Å². The topological polar surface area (TPSA) is 84.2 Å². The van der Waals surface area contributed by atoms with Crippen LogP contribution in [0.3, 0.4) is 0 Å². The van der Waals surface area contributed by atoms with Gasteiger partial charge in [0.2, 0.25) is 5.91 Å². The van der Waals surface area contributed by atoms with Crippen LogP contribution in [0.4, 0.5) is 0 Å². The zero-order valence-corrected chi connectivity index (χ0v) is 13.6. The van der Waals surface area contributed by atoms with Crippen molar-refractivity contribution in [1.29, 1.82) is 0 Å².